The quantitative estimate of drug-likeness (QED) is 0.504. The molecule has 0 bridgehead atoms. The van der Waals surface area contributed by atoms with Gasteiger partial charge in [0.05, 0.1) is 5.56 Å². The Morgan fingerprint density at radius 3 is 2.40 bits per heavy atom. The number of benzene rings is 2. The molecule has 3 nitrogen and oxygen atoms in total. The van der Waals surface area contributed by atoms with Gasteiger partial charge in [-0.1, -0.05) is 49.1 Å². The number of carbonyl (C=O) groups is 1. The lowest BCUT2D eigenvalue weighted by atomic mass is 10.0. The SMILES string of the molecule is C=CC(=O)c1c(O)cc(O)cc1/C=C/c1ccccc1. The van der Waals surface area contributed by atoms with Gasteiger partial charge in [-0.3, -0.25) is 4.79 Å². The van der Waals surface area contributed by atoms with E-state index in [-0.39, 0.29) is 17.1 Å². The number of carbonyl (C=O) groups excluding carboxylic acids is 1. The average molecular weight is 266 g/mol. The molecule has 0 aromatic heterocycles. The van der Waals surface area contributed by atoms with E-state index in [4.69, 9.17) is 0 Å². The minimum atomic E-state index is -0.393. The smallest absolute Gasteiger partial charge is 0.189 e. The van der Waals surface area contributed by atoms with Crippen molar-refractivity contribution in [2.75, 3.05) is 0 Å². The van der Waals surface area contributed by atoms with Crippen LogP contribution >= 0.6 is 0 Å². The second-order valence-electron chi connectivity index (χ2n) is 4.24. The van der Waals surface area contributed by atoms with Crippen molar-refractivity contribution in [3.05, 3.63) is 71.8 Å². The van der Waals surface area contributed by atoms with Crippen LogP contribution in [0, 0.1) is 0 Å². The summed E-state index contributed by atoms with van der Waals surface area (Å²) >= 11 is 0. The Bertz CT molecular complexity index is 670. The Morgan fingerprint density at radius 2 is 1.75 bits per heavy atom. The highest BCUT2D eigenvalue weighted by Gasteiger charge is 2.13. The number of hydrogen-bond donors (Lipinski definition) is 2. The van der Waals surface area contributed by atoms with E-state index in [0.717, 1.165) is 17.7 Å². The molecule has 2 N–H and O–H groups in total. The molecule has 2 aromatic rings. The second-order valence-corrected chi connectivity index (χ2v) is 4.24. The number of rotatable bonds is 4. The van der Waals surface area contributed by atoms with Crippen LogP contribution in [0.2, 0.25) is 0 Å². The van der Waals surface area contributed by atoms with E-state index >= 15 is 0 Å². The summed E-state index contributed by atoms with van der Waals surface area (Å²) in [5, 5.41) is 19.3. The number of phenols is 2. The molecule has 0 amide bonds. The first-order chi connectivity index (χ1) is 9.61. The predicted molar refractivity (Wildman–Crippen MR) is 79.7 cm³/mol. The van der Waals surface area contributed by atoms with Crippen molar-refractivity contribution in [1.82, 2.24) is 0 Å². The van der Waals surface area contributed by atoms with E-state index in [0.29, 0.717) is 5.56 Å². The van der Waals surface area contributed by atoms with Crippen LogP contribution in [0.25, 0.3) is 12.2 Å². The fourth-order valence-corrected chi connectivity index (χ4v) is 1.89. The van der Waals surface area contributed by atoms with Gasteiger partial charge in [-0.05, 0) is 23.3 Å². The lowest BCUT2D eigenvalue weighted by Gasteiger charge is -2.06. The first kappa shape index (κ1) is 13.6. The van der Waals surface area contributed by atoms with E-state index in [2.05, 4.69) is 6.58 Å². The van der Waals surface area contributed by atoms with E-state index < -0.39 is 5.78 Å². The molecule has 2 aromatic carbocycles. The van der Waals surface area contributed by atoms with Crippen molar-refractivity contribution >= 4 is 17.9 Å². The molecule has 3 heteroatoms. The first-order valence-corrected chi connectivity index (χ1v) is 6.07. The van der Waals surface area contributed by atoms with E-state index in [1.807, 2.05) is 30.3 Å². The molecule has 0 aliphatic rings. The molecule has 0 radical (unpaired) electrons. The Hall–Kier alpha value is -2.81. The van der Waals surface area contributed by atoms with Gasteiger partial charge in [0.25, 0.3) is 0 Å². The average Bonchev–Trinajstić information content (AvgIpc) is 2.45. The lowest BCUT2D eigenvalue weighted by Crippen LogP contribution is -1.98. The standard InChI is InChI=1S/C17H14O3/c1-2-15(19)17-13(10-14(18)11-16(17)20)9-8-12-6-4-3-5-7-12/h2-11,18,20H,1H2/b9-8+. The van der Waals surface area contributed by atoms with Crippen LogP contribution in [0.15, 0.2) is 55.1 Å². The lowest BCUT2D eigenvalue weighted by molar-refractivity contribution is 0.104. The summed E-state index contributed by atoms with van der Waals surface area (Å²) in [6.45, 7) is 3.41. The fraction of sp³-hybridized carbons (Fsp3) is 0. The van der Waals surface area contributed by atoms with E-state index in [1.165, 1.54) is 6.07 Å². The zero-order valence-electron chi connectivity index (χ0n) is 10.8. The number of aromatic hydroxyl groups is 2. The van der Waals surface area contributed by atoms with Crippen LogP contribution in [-0.4, -0.2) is 16.0 Å². The van der Waals surface area contributed by atoms with E-state index in [1.54, 1.807) is 12.2 Å². The van der Waals surface area contributed by atoms with Crippen molar-refractivity contribution in [3.63, 3.8) is 0 Å². The van der Waals surface area contributed by atoms with Crippen LogP contribution in [0.5, 0.6) is 11.5 Å². The molecule has 0 aliphatic heterocycles. The maximum atomic E-state index is 11.8. The van der Waals surface area contributed by atoms with Crippen molar-refractivity contribution < 1.29 is 15.0 Å². The van der Waals surface area contributed by atoms with Gasteiger partial charge in [0.1, 0.15) is 11.5 Å². The zero-order chi connectivity index (χ0) is 14.5. The molecule has 20 heavy (non-hydrogen) atoms. The molecule has 0 atom stereocenters. The van der Waals surface area contributed by atoms with Gasteiger partial charge < -0.3 is 10.2 Å². The molecule has 0 saturated carbocycles. The topological polar surface area (TPSA) is 57.5 Å². The zero-order valence-corrected chi connectivity index (χ0v) is 10.8. The van der Waals surface area contributed by atoms with Crippen molar-refractivity contribution in [2.24, 2.45) is 0 Å². The molecule has 0 saturated heterocycles. The molecular formula is C17H14O3. The van der Waals surface area contributed by atoms with Gasteiger partial charge in [0.2, 0.25) is 0 Å². The summed E-state index contributed by atoms with van der Waals surface area (Å²) in [7, 11) is 0. The maximum Gasteiger partial charge on any atom is 0.189 e. The molecule has 0 aliphatic carbocycles. The van der Waals surface area contributed by atoms with Crippen LogP contribution in [0.3, 0.4) is 0 Å². The summed E-state index contributed by atoms with van der Waals surface area (Å²) < 4.78 is 0. The minimum Gasteiger partial charge on any atom is -0.508 e. The highest BCUT2D eigenvalue weighted by Crippen LogP contribution is 2.29. The predicted octanol–water partition coefficient (Wildman–Crippen LogP) is 3.64. The minimum absolute atomic E-state index is 0.101. The third-order valence-electron chi connectivity index (χ3n) is 2.82. The summed E-state index contributed by atoms with van der Waals surface area (Å²) in [5.41, 5.74) is 1.52. The van der Waals surface area contributed by atoms with Gasteiger partial charge in [-0.2, -0.15) is 0 Å². The Kier molecular flexibility index (Phi) is 4.01. The largest absolute Gasteiger partial charge is 0.508 e. The third-order valence-corrected chi connectivity index (χ3v) is 2.82. The number of allylic oxidation sites excluding steroid dienone is 1. The number of ketones is 1. The monoisotopic (exact) mass is 266 g/mol. The number of phenolic OH excluding ortho intramolecular Hbond substituents is 2. The molecule has 100 valence electrons. The normalized spacial score (nSPS) is 10.6. The van der Waals surface area contributed by atoms with Gasteiger partial charge in [0, 0.05) is 6.07 Å². The van der Waals surface area contributed by atoms with Crippen LogP contribution in [0.1, 0.15) is 21.5 Å². The van der Waals surface area contributed by atoms with Gasteiger partial charge in [-0.25, -0.2) is 0 Å². The molecule has 0 spiro atoms. The summed E-state index contributed by atoms with van der Waals surface area (Å²) in [6, 6.07) is 12.1. The molecule has 2 rings (SSSR count). The molecule has 0 fully saturated rings. The fourth-order valence-electron chi connectivity index (χ4n) is 1.89. The molecule has 0 heterocycles. The van der Waals surface area contributed by atoms with Gasteiger partial charge in [0.15, 0.2) is 5.78 Å². The highest BCUT2D eigenvalue weighted by molar-refractivity contribution is 6.09. The Morgan fingerprint density at radius 1 is 1.05 bits per heavy atom. The molecule has 0 unspecified atom stereocenters. The molecular weight excluding hydrogens is 252 g/mol. The summed E-state index contributed by atoms with van der Waals surface area (Å²) in [5.74, 6) is -0.756. The first-order valence-electron chi connectivity index (χ1n) is 6.07. The highest BCUT2D eigenvalue weighted by atomic mass is 16.3. The number of hydrogen-bond acceptors (Lipinski definition) is 3. The van der Waals surface area contributed by atoms with Crippen LogP contribution in [0.4, 0.5) is 0 Å². The Labute approximate surface area is 117 Å². The van der Waals surface area contributed by atoms with Gasteiger partial charge >= 0.3 is 0 Å². The third kappa shape index (κ3) is 2.95. The van der Waals surface area contributed by atoms with E-state index in [9.17, 15) is 15.0 Å². The summed E-state index contributed by atoms with van der Waals surface area (Å²) in [6.07, 6.45) is 4.60. The second kappa shape index (κ2) is 5.89. The summed E-state index contributed by atoms with van der Waals surface area (Å²) in [4.78, 5) is 11.8. The van der Waals surface area contributed by atoms with Crippen LogP contribution < -0.4 is 0 Å². The van der Waals surface area contributed by atoms with Crippen molar-refractivity contribution in [3.8, 4) is 11.5 Å². The van der Waals surface area contributed by atoms with Crippen LogP contribution in [-0.2, 0) is 0 Å². The Balaban J connectivity index is 2.48. The van der Waals surface area contributed by atoms with Crippen molar-refractivity contribution in [2.45, 2.75) is 0 Å². The van der Waals surface area contributed by atoms with Crippen molar-refractivity contribution in [1.29, 1.82) is 0 Å². The van der Waals surface area contributed by atoms with Gasteiger partial charge in [-0.15, -0.1) is 0 Å². The maximum absolute atomic E-state index is 11.8.